The van der Waals surface area contributed by atoms with E-state index in [9.17, 15) is 9.18 Å². The Morgan fingerprint density at radius 1 is 0.814 bits per heavy atom. The van der Waals surface area contributed by atoms with Crippen LogP contribution in [0.3, 0.4) is 0 Å². The van der Waals surface area contributed by atoms with Gasteiger partial charge in [0.05, 0.1) is 6.54 Å². The molecule has 0 saturated heterocycles. The average molecular weight is 594 g/mol. The SMILES string of the molecule is CC(CCc1ccccc1)NC(=O)c1csc(CN(Cc2ccc(F)cc2)Cc2ccc(OCc3ccccc3)cc2)n1. The van der Waals surface area contributed by atoms with Crippen molar-refractivity contribution in [3.63, 3.8) is 0 Å². The zero-order valence-electron chi connectivity index (χ0n) is 24.3. The molecule has 5 nitrogen and oxygen atoms in total. The summed E-state index contributed by atoms with van der Waals surface area (Å²) >= 11 is 1.48. The van der Waals surface area contributed by atoms with Crippen LogP contribution in [0, 0.1) is 5.82 Å². The molecule has 1 aromatic heterocycles. The number of rotatable bonds is 14. The molecule has 0 saturated carbocycles. The summed E-state index contributed by atoms with van der Waals surface area (Å²) in [6.45, 7) is 4.38. The second kappa shape index (κ2) is 15.2. The molecule has 0 aliphatic rings. The number of carbonyl (C=O) groups excluding carboxylic acids is 1. The third-order valence-corrected chi connectivity index (χ3v) is 7.96. The van der Waals surface area contributed by atoms with E-state index >= 15 is 0 Å². The van der Waals surface area contributed by atoms with Gasteiger partial charge >= 0.3 is 0 Å². The number of benzene rings is 4. The average Bonchev–Trinajstić information content (AvgIpc) is 3.50. The zero-order valence-corrected chi connectivity index (χ0v) is 25.1. The number of amides is 1. The van der Waals surface area contributed by atoms with Crippen LogP contribution in [-0.4, -0.2) is 21.8 Å². The molecule has 5 aromatic rings. The first kappa shape index (κ1) is 30.1. The lowest BCUT2D eigenvalue weighted by Crippen LogP contribution is -2.33. The summed E-state index contributed by atoms with van der Waals surface area (Å²) in [7, 11) is 0. The molecule has 0 aliphatic heterocycles. The highest BCUT2D eigenvalue weighted by atomic mass is 32.1. The fraction of sp³-hybridized carbons (Fsp3) is 0.222. The lowest BCUT2D eigenvalue weighted by atomic mass is 10.1. The normalized spacial score (nSPS) is 11.8. The molecule has 1 amide bonds. The summed E-state index contributed by atoms with van der Waals surface area (Å²) in [5.41, 5.74) is 4.94. The minimum Gasteiger partial charge on any atom is -0.489 e. The van der Waals surface area contributed by atoms with Crippen molar-refractivity contribution in [1.29, 1.82) is 0 Å². The number of ether oxygens (including phenoxy) is 1. The first-order chi connectivity index (χ1) is 21.0. The molecule has 0 radical (unpaired) electrons. The van der Waals surface area contributed by atoms with Crippen LogP contribution >= 0.6 is 11.3 Å². The smallest absolute Gasteiger partial charge is 0.270 e. The van der Waals surface area contributed by atoms with Crippen molar-refractivity contribution in [3.8, 4) is 5.75 Å². The molecule has 0 bridgehead atoms. The van der Waals surface area contributed by atoms with E-state index < -0.39 is 0 Å². The van der Waals surface area contributed by atoms with E-state index in [0.717, 1.165) is 40.3 Å². The molecule has 220 valence electrons. The third kappa shape index (κ3) is 9.60. The molecule has 0 fully saturated rings. The summed E-state index contributed by atoms with van der Waals surface area (Å²) in [5, 5.41) is 5.76. The van der Waals surface area contributed by atoms with E-state index in [1.165, 1.54) is 29.0 Å². The van der Waals surface area contributed by atoms with Gasteiger partial charge in [-0.1, -0.05) is 84.9 Å². The van der Waals surface area contributed by atoms with Gasteiger partial charge < -0.3 is 10.1 Å². The van der Waals surface area contributed by atoms with Crippen LogP contribution < -0.4 is 10.1 Å². The van der Waals surface area contributed by atoms with E-state index in [-0.39, 0.29) is 17.8 Å². The summed E-state index contributed by atoms with van der Waals surface area (Å²) in [6, 6.07) is 35.1. The number of aryl methyl sites for hydroxylation is 1. The van der Waals surface area contributed by atoms with E-state index in [1.54, 1.807) is 12.1 Å². The highest BCUT2D eigenvalue weighted by molar-refractivity contribution is 7.09. The van der Waals surface area contributed by atoms with Crippen molar-refractivity contribution in [2.75, 3.05) is 0 Å². The molecule has 1 N–H and O–H groups in total. The number of hydrogen-bond donors (Lipinski definition) is 1. The number of thiazole rings is 1. The minimum absolute atomic E-state index is 0.0347. The van der Waals surface area contributed by atoms with Gasteiger partial charge in [-0.25, -0.2) is 9.37 Å². The monoisotopic (exact) mass is 593 g/mol. The van der Waals surface area contributed by atoms with Gasteiger partial charge in [-0.3, -0.25) is 9.69 Å². The number of aromatic nitrogens is 1. The Morgan fingerprint density at radius 2 is 1.42 bits per heavy atom. The van der Waals surface area contributed by atoms with Crippen molar-refractivity contribution in [2.24, 2.45) is 0 Å². The summed E-state index contributed by atoms with van der Waals surface area (Å²) in [4.78, 5) is 19.8. The molecular weight excluding hydrogens is 557 g/mol. The lowest BCUT2D eigenvalue weighted by molar-refractivity contribution is 0.0933. The largest absolute Gasteiger partial charge is 0.489 e. The minimum atomic E-state index is -0.255. The van der Waals surface area contributed by atoms with Crippen molar-refractivity contribution in [1.82, 2.24) is 15.2 Å². The molecule has 0 aliphatic carbocycles. The quantitative estimate of drug-likeness (QED) is 0.143. The summed E-state index contributed by atoms with van der Waals surface area (Å²) in [5.74, 6) is 0.403. The van der Waals surface area contributed by atoms with Crippen LogP contribution in [0.1, 0.15) is 51.1 Å². The van der Waals surface area contributed by atoms with Gasteiger partial charge in [-0.05, 0) is 66.3 Å². The van der Waals surface area contributed by atoms with Gasteiger partial charge in [0.15, 0.2) is 0 Å². The fourth-order valence-corrected chi connectivity index (χ4v) is 5.60. The van der Waals surface area contributed by atoms with E-state index in [4.69, 9.17) is 4.74 Å². The van der Waals surface area contributed by atoms with E-state index in [1.807, 2.05) is 73.0 Å². The molecule has 1 atom stereocenters. The summed E-state index contributed by atoms with van der Waals surface area (Å²) < 4.78 is 19.5. The van der Waals surface area contributed by atoms with Crippen LogP contribution in [0.4, 0.5) is 4.39 Å². The molecule has 1 unspecified atom stereocenters. The number of nitrogens with zero attached hydrogens (tertiary/aromatic N) is 2. The molecule has 43 heavy (non-hydrogen) atoms. The Labute approximate surface area is 257 Å². The van der Waals surface area contributed by atoms with E-state index in [2.05, 4.69) is 39.5 Å². The maximum atomic E-state index is 13.6. The van der Waals surface area contributed by atoms with Crippen molar-refractivity contribution in [2.45, 2.75) is 52.0 Å². The number of carbonyl (C=O) groups is 1. The number of hydrogen-bond acceptors (Lipinski definition) is 5. The van der Waals surface area contributed by atoms with Gasteiger partial charge in [0.25, 0.3) is 5.91 Å². The Balaban J connectivity index is 1.20. The first-order valence-electron chi connectivity index (χ1n) is 14.5. The van der Waals surface area contributed by atoms with E-state index in [0.29, 0.717) is 31.9 Å². The second-order valence-corrected chi connectivity index (χ2v) is 11.7. The topological polar surface area (TPSA) is 54.5 Å². The van der Waals surface area contributed by atoms with Gasteiger partial charge in [-0.15, -0.1) is 11.3 Å². The van der Waals surface area contributed by atoms with Gasteiger partial charge in [0.2, 0.25) is 0 Å². The van der Waals surface area contributed by atoms with Gasteiger partial charge in [-0.2, -0.15) is 0 Å². The summed E-state index contributed by atoms with van der Waals surface area (Å²) in [6.07, 6.45) is 1.76. The van der Waals surface area contributed by atoms with Crippen LogP contribution in [0.15, 0.2) is 115 Å². The molecule has 1 heterocycles. The Morgan fingerprint density at radius 3 is 2.07 bits per heavy atom. The van der Waals surface area contributed by atoms with Gasteiger partial charge in [0.1, 0.15) is 28.9 Å². The molecule has 4 aromatic carbocycles. The highest BCUT2D eigenvalue weighted by Gasteiger charge is 2.16. The molecule has 7 heteroatoms. The molecular formula is C36H36FN3O2S. The predicted octanol–water partition coefficient (Wildman–Crippen LogP) is 7.81. The number of nitrogens with one attached hydrogen (secondary N) is 1. The molecule has 5 rings (SSSR count). The predicted molar refractivity (Wildman–Crippen MR) is 170 cm³/mol. The maximum absolute atomic E-state index is 13.6. The fourth-order valence-electron chi connectivity index (χ4n) is 4.78. The molecule has 0 spiro atoms. The second-order valence-electron chi connectivity index (χ2n) is 10.7. The third-order valence-electron chi connectivity index (χ3n) is 7.13. The first-order valence-corrected chi connectivity index (χ1v) is 15.4. The maximum Gasteiger partial charge on any atom is 0.270 e. The van der Waals surface area contributed by atoms with Gasteiger partial charge in [0, 0.05) is 24.5 Å². The number of halogens is 1. The van der Waals surface area contributed by atoms with Crippen LogP contribution in [0.5, 0.6) is 5.75 Å². The van der Waals surface area contributed by atoms with Crippen LogP contribution in [0.2, 0.25) is 0 Å². The lowest BCUT2D eigenvalue weighted by Gasteiger charge is -2.22. The zero-order chi connectivity index (χ0) is 29.9. The van der Waals surface area contributed by atoms with Crippen LogP contribution in [-0.2, 0) is 32.7 Å². The Bertz CT molecular complexity index is 1560. The Hall–Kier alpha value is -4.33. The highest BCUT2D eigenvalue weighted by Crippen LogP contribution is 2.20. The van der Waals surface area contributed by atoms with Crippen molar-refractivity contribution < 1.29 is 13.9 Å². The van der Waals surface area contributed by atoms with Crippen molar-refractivity contribution in [3.05, 3.63) is 153 Å². The van der Waals surface area contributed by atoms with Crippen molar-refractivity contribution >= 4 is 17.2 Å². The Kier molecular flexibility index (Phi) is 10.7. The van der Waals surface area contributed by atoms with Crippen LogP contribution in [0.25, 0.3) is 0 Å². The standard InChI is InChI=1S/C36H36FN3O2S/c1-27(12-13-28-8-4-2-5-9-28)38-36(41)34-26-43-35(39-34)24-40(22-29-14-18-32(37)19-15-29)23-30-16-20-33(21-17-30)42-25-31-10-6-3-7-11-31/h2-11,14-21,26-27H,12-13,22-25H2,1H3,(H,38,41).